The molecule has 3 unspecified atom stereocenters. The van der Waals surface area contributed by atoms with Crippen LogP contribution >= 0.6 is 0 Å². The molecule has 0 amide bonds. The van der Waals surface area contributed by atoms with Gasteiger partial charge in [0.1, 0.15) is 6.10 Å². The molecule has 1 aromatic rings. The second kappa shape index (κ2) is 3.91. The number of rotatable bonds is 5. The first kappa shape index (κ1) is 12.5. The third-order valence-electron chi connectivity index (χ3n) is 5.85. The highest BCUT2D eigenvalue weighted by Crippen LogP contribution is 2.74. The molecule has 3 nitrogen and oxygen atoms in total. The Morgan fingerprint density at radius 2 is 2.25 bits per heavy atom. The molecule has 1 saturated carbocycles. The van der Waals surface area contributed by atoms with Gasteiger partial charge in [0.2, 0.25) is 0 Å². The Hall–Kier alpha value is -1.22. The summed E-state index contributed by atoms with van der Waals surface area (Å²) in [7, 11) is 1.73. The normalized spacial score (nSPS) is 35.5. The van der Waals surface area contributed by atoms with E-state index >= 15 is 0 Å². The minimum atomic E-state index is 0.175. The minimum absolute atomic E-state index is 0.175. The van der Waals surface area contributed by atoms with Gasteiger partial charge in [-0.3, -0.25) is 0 Å². The number of hydrogen-bond acceptors (Lipinski definition) is 3. The van der Waals surface area contributed by atoms with Crippen LogP contribution in [0.2, 0.25) is 0 Å². The molecular formula is C17H23NO2. The van der Waals surface area contributed by atoms with Gasteiger partial charge < -0.3 is 14.8 Å². The lowest BCUT2D eigenvalue weighted by molar-refractivity contribution is -0.0500. The number of hydrogen-bond donors (Lipinski definition) is 1. The summed E-state index contributed by atoms with van der Waals surface area (Å²) in [6.07, 6.45) is 5.21. The zero-order valence-corrected chi connectivity index (χ0v) is 12.6. The van der Waals surface area contributed by atoms with Gasteiger partial charge in [-0.25, -0.2) is 0 Å². The van der Waals surface area contributed by atoms with E-state index in [0.29, 0.717) is 0 Å². The Labute approximate surface area is 120 Å². The molecule has 0 radical (unpaired) electrons. The largest absolute Gasteiger partial charge is 0.493 e. The topological polar surface area (TPSA) is 30.5 Å². The minimum Gasteiger partial charge on any atom is -0.493 e. The molecular weight excluding hydrogens is 250 g/mol. The van der Waals surface area contributed by atoms with E-state index in [-0.39, 0.29) is 17.1 Å². The van der Waals surface area contributed by atoms with Crippen molar-refractivity contribution in [2.24, 2.45) is 0 Å². The second-order valence-corrected chi connectivity index (χ2v) is 6.44. The Kier molecular flexibility index (Phi) is 2.45. The van der Waals surface area contributed by atoms with Crippen LogP contribution in [0.25, 0.3) is 0 Å². The number of unbranched alkanes of at least 4 members (excludes halogenated alkanes) is 1. The summed E-state index contributed by atoms with van der Waals surface area (Å²) in [6.45, 7) is 5.57. The molecule has 3 aliphatic rings. The van der Waals surface area contributed by atoms with Gasteiger partial charge >= 0.3 is 0 Å². The van der Waals surface area contributed by atoms with Crippen molar-refractivity contribution in [1.29, 1.82) is 0 Å². The highest BCUT2D eigenvalue weighted by Gasteiger charge is 2.75. The summed E-state index contributed by atoms with van der Waals surface area (Å²) in [5, 5.41) is 3.86. The highest BCUT2D eigenvalue weighted by molar-refractivity contribution is 5.71. The van der Waals surface area contributed by atoms with Crippen molar-refractivity contribution < 1.29 is 9.47 Å². The quantitative estimate of drug-likeness (QED) is 0.836. The second-order valence-electron chi connectivity index (χ2n) is 6.44. The number of methoxy groups -OCH3 is 1. The monoisotopic (exact) mass is 273 g/mol. The molecule has 1 N–H and O–H groups in total. The molecule has 0 bridgehead atoms. The molecule has 1 heterocycles. The lowest BCUT2D eigenvalue weighted by Gasteiger charge is -2.67. The average Bonchev–Trinajstić information content (AvgIpc) is 2.76. The summed E-state index contributed by atoms with van der Waals surface area (Å²) in [5.41, 5.74) is 3.27. The van der Waals surface area contributed by atoms with Crippen LogP contribution in [0.3, 0.4) is 0 Å². The molecule has 3 heteroatoms. The van der Waals surface area contributed by atoms with E-state index in [4.69, 9.17) is 9.47 Å². The first-order valence-corrected chi connectivity index (χ1v) is 7.85. The Balaban J connectivity index is 1.77. The fraction of sp³-hybridized carbons (Fsp3) is 0.647. The molecule has 2 aliphatic carbocycles. The van der Waals surface area contributed by atoms with Crippen LogP contribution in [0.1, 0.15) is 50.7 Å². The van der Waals surface area contributed by atoms with Gasteiger partial charge in [-0.2, -0.15) is 0 Å². The fourth-order valence-electron chi connectivity index (χ4n) is 4.79. The van der Waals surface area contributed by atoms with E-state index in [0.717, 1.165) is 18.0 Å². The highest BCUT2D eigenvalue weighted by atomic mass is 16.5. The third-order valence-corrected chi connectivity index (χ3v) is 5.85. The van der Waals surface area contributed by atoms with Gasteiger partial charge in [0, 0.05) is 5.56 Å². The zero-order valence-electron chi connectivity index (χ0n) is 12.6. The fourth-order valence-corrected chi connectivity index (χ4v) is 4.79. The van der Waals surface area contributed by atoms with Crippen molar-refractivity contribution in [2.75, 3.05) is 13.7 Å². The third kappa shape index (κ3) is 1.09. The molecule has 3 atom stereocenters. The van der Waals surface area contributed by atoms with Gasteiger partial charge in [-0.05, 0) is 44.4 Å². The van der Waals surface area contributed by atoms with Crippen molar-refractivity contribution in [3.63, 3.8) is 0 Å². The standard InChI is InChI=1S/C17H23NO2/c1-4-5-10-18-17-9-8-16(17)11(2)20-15-13(19-3)7-6-12(17)14(15)16/h6-7,11,18H,4-5,8-10H2,1-3H3. The number of ether oxygens (including phenoxy) is 2. The predicted molar refractivity (Wildman–Crippen MR) is 78.6 cm³/mol. The lowest BCUT2D eigenvalue weighted by Crippen LogP contribution is -2.75. The average molecular weight is 273 g/mol. The summed E-state index contributed by atoms with van der Waals surface area (Å²) in [6, 6.07) is 4.31. The molecule has 0 aromatic heterocycles. The predicted octanol–water partition coefficient (Wildman–Crippen LogP) is 3.11. The maximum absolute atomic E-state index is 6.18. The van der Waals surface area contributed by atoms with E-state index in [2.05, 4.69) is 31.3 Å². The van der Waals surface area contributed by atoms with Crippen molar-refractivity contribution in [1.82, 2.24) is 5.32 Å². The Bertz CT molecular complexity index is 570. The Morgan fingerprint density at radius 3 is 2.90 bits per heavy atom. The van der Waals surface area contributed by atoms with Crippen LogP contribution in [0, 0.1) is 0 Å². The molecule has 4 rings (SSSR count). The van der Waals surface area contributed by atoms with E-state index < -0.39 is 0 Å². The maximum Gasteiger partial charge on any atom is 0.165 e. The van der Waals surface area contributed by atoms with Crippen LogP contribution in [0.15, 0.2) is 12.1 Å². The molecule has 108 valence electrons. The number of nitrogens with one attached hydrogen (secondary N) is 1. The smallest absolute Gasteiger partial charge is 0.165 e. The maximum atomic E-state index is 6.18. The molecule has 1 spiro atoms. The summed E-state index contributed by atoms with van der Waals surface area (Å²) in [4.78, 5) is 0. The summed E-state index contributed by atoms with van der Waals surface area (Å²) >= 11 is 0. The van der Waals surface area contributed by atoms with Crippen molar-refractivity contribution >= 4 is 0 Å². The van der Waals surface area contributed by atoms with E-state index in [1.807, 2.05) is 0 Å². The van der Waals surface area contributed by atoms with E-state index in [1.165, 1.54) is 36.8 Å². The van der Waals surface area contributed by atoms with Crippen LogP contribution in [0.5, 0.6) is 11.5 Å². The van der Waals surface area contributed by atoms with Crippen LogP contribution in [0.4, 0.5) is 0 Å². The van der Waals surface area contributed by atoms with Gasteiger partial charge in [0.15, 0.2) is 11.5 Å². The summed E-state index contributed by atoms with van der Waals surface area (Å²) in [5.74, 6) is 1.90. The van der Waals surface area contributed by atoms with Gasteiger partial charge in [-0.15, -0.1) is 0 Å². The summed E-state index contributed by atoms with van der Waals surface area (Å²) < 4.78 is 11.7. The van der Waals surface area contributed by atoms with Crippen LogP contribution in [-0.2, 0) is 11.0 Å². The number of benzene rings is 1. The van der Waals surface area contributed by atoms with Crippen molar-refractivity contribution in [3.05, 3.63) is 23.3 Å². The van der Waals surface area contributed by atoms with Crippen molar-refractivity contribution in [3.8, 4) is 11.5 Å². The molecule has 1 aromatic carbocycles. The molecule has 1 aliphatic heterocycles. The SMILES string of the molecule is CCCCNC12CCC13c1c2ccc(OC)c1OC3C. The molecule has 20 heavy (non-hydrogen) atoms. The van der Waals surface area contributed by atoms with Crippen LogP contribution in [-0.4, -0.2) is 19.8 Å². The van der Waals surface area contributed by atoms with Gasteiger partial charge in [0.25, 0.3) is 0 Å². The van der Waals surface area contributed by atoms with Crippen LogP contribution < -0.4 is 14.8 Å². The van der Waals surface area contributed by atoms with E-state index in [9.17, 15) is 0 Å². The first-order chi connectivity index (χ1) is 9.71. The lowest BCUT2D eigenvalue weighted by atomic mass is 9.39. The first-order valence-electron chi connectivity index (χ1n) is 7.85. The van der Waals surface area contributed by atoms with Crippen molar-refractivity contribution in [2.45, 2.75) is 56.6 Å². The van der Waals surface area contributed by atoms with Gasteiger partial charge in [0.05, 0.1) is 18.1 Å². The van der Waals surface area contributed by atoms with E-state index in [1.54, 1.807) is 7.11 Å². The zero-order chi connectivity index (χ0) is 14.0. The van der Waals surface area contributed by atoms with Gasteiger partial charge in [-0.1, -0.05) is 19.4 Å². The molecule has 0 saturated heterocycles. The number of fused-ring (bicyclic) bond motifs is 1. The molecule has 1 fully saturated rings. The Morgan fingerprint density at radius 1 is 1.40 bits per heavy atom.